The van der Waals surface area contributed by atoms with Gasteiger partial charge >= 0.3 is 0 Å². The minimum absolute atomic E-state index is 0.0111. The van der Waals surface area contributed by atoms with E-state index in [1.54, 1.807) is 0 Å². The number of likely N-dealkylation sites (tertiary alicyclic amines) is 1. The van der Waals surface area contributed by atoms with E-state index >= 15 is 0 Å². The molecule has 1 aliphatic heterocycles. The highest BCUT2D eigenvalue weighted by atomic mass is 16.2. The molecular formula is C20H33N3O. The summed E-state index contributed by atoms with van der Waals surface area (Å²) in [5.41, 5.74) is 9.49. The van der Waals surface area contributed by atoms with Crippen molar-refractivity contribution in [2.45, 2.75) is 78.3 Å². The Kier molecular flexibility index (Phi) is 4.78. The summed E-state index contributed by atoms with van der Waals surface area (Å²) in [6.45, 7) is 10.1. The number of amides is 1. The maximum atomic E-state index is 13.1. The quantitative estimate of drug-likeness (QED) is 0.896. The summed E-state index contributed by atoms with van der Waals surface area (Å²) < 4.78 is 2.42. The Morgan fingerprint density at radius 1 is 1.17 bits per heavy atom. The molecule has 134 valence electrons. The second-order valence-electron chi connectivity index (χ2n) is 8.56. The van der Waals surface area contributed by atoms with Gasteiger partial charge in [-0.15, -0.1) is 0 Å². The van der Waals surface area contributed by atoms with Crippen LogP contribution in [-0.4, -0.2) is 34.5 Å². The van der Waals surface area contributed by atoms with Gasteiger partial charge in [0, 0.05) is 36.6 Å². The molecule has 1 amide bonds. The summed E-state index contributed by atoms with van der Waals surface area (Å²) in [7, 11) is 0. The van der Waals surface area contributed by atoms with Crippen LogP contribution in [0.4, 0.5) is 0 Å². The Labute approximate surface area is 146 Å². The molecule has 3 rings (SSSR count). The minimum atomic E-state index is -0.0111. The molecule has 0 radical (unpaired) electrons. The van der Waals surface area contributed by atoms with Gasteiger partial charge in [0.15, 0.2) is 0 Å². The lowest BCUT2D eigenvalue weighted by atomic mass is 9.79. The van der Waals surface area contributed by atoms with E-state index in [1.807, 2.05) is 4.90 Å². The highest BCUT2D eigenvalue weighted by Gasteiger charge is 2.36. The van der Waals surface area contributed by atoms with Gasteiger partial charge in [-0.1, -0.05) is 33.1 Å². The predicted molar refractivity (Wildman–Crippen MR) is 98.3 cm³/mol. The van der Waals surface area contributed by atoms with Crippen LogP contribution in [0.1, 0.15) is 80.2 Å². The molecule has 2 N–H and O–H groups in total. The van der Waals surface area contributed by atoms with Crippen molar-refractivity contribution in [3.8, 4) is 0 Å². The number of hydrogen-bond acceptors (Lipinski definition) is 2. The first kappa shape index (κ1) is 17.5. The van der Waals surface area contributed by atoms with Gasteiger partial charge < -0.3 is 15.2 Å². The Balaban J connectivity index is 1.83. The van der Waals surface area contributed by atoms with Crippen LogP contribution in [0.2, 0.25) is 0 Å². The van der Waals surface area contributed by atoms with Gasteiger partial charge in [-0.3, -0.25) is 4.79 Å². The Bertz CT molecular complexity index is 611. The van der Waals surface area contributed by atoms with Crippen molar-refractivity contribution in [2.24, 2.45) is 11.1 Å². The van der Waals surface area contributed by atoms with Gasteiger partial charge in [0.25, 0.3) is 5.91 Å². The first-order valence-corrected chi connectivity index (χ1v) is 9.54. The lowest BCUT2D eigenvalue weighted by Crippen LogP contribution is -2.54. The summed E-state index contributed by atoms with van der Waals surface area (Å²) in [4.78, 5) is 15.1. The van der Waals surface area contributed by atoms with Crippen molar-refractivity contribution < 1.29 is 4.79 Å². The van der Waals surface area contributed by atoms with Crippen LogP contribution in [0.25, 0.3) is 0 Å². The third kappa shape index (κ3) is 3.13. The number of piperidine rings is 1. The predicted octanol–water partition coefficient (Wildman–Crippen LogP) is 3.81. The molecule has 0 bridgehead atoms. The second-order valence-corrected chi connectivity index (χ2v) is 8.56. The molecule has 1 aliphatic carbocycles. The fourth-order valence-corrected chi connectivity index (χ4v) is 4.61. The summed E-state index contributed by atoms with van der Waals surface area (Å²) in [5, 5.41) is 0. The van der Waals surface area contributed by atoms with E-state index in [0.29, 0.717) is 6.04 Å². The number of hydrogen-bond donors (Lipinski definition) is 1. The molecule has 1 aromatic heterocycles. The van der Waals surface area contributed by atoms with Gasteiger partial charge in [0.05, 0.1) is 5.56 Å². The van der Waals surface area contributed by atoms with E-state index in [-0.39, 0.29) is 17.4 Å². The summed E-state index contributed by atoms with van der Waals surface area (Å²) in [5.74, 6) is 0.185. The zero-order valence-electron chi connectivity index (χ0n) is 15.8. The van der Waals surface area contributed by atoms with Gasteiger partial charge in [0.2, 0.25) is 0 Å². The highest BCUT2D eigenvalue weighted by Crippen LogP contribution is 2.33. The van der Waals surface area contributed by atoms with Crippen LogP contribution in [0.3, 0.4) is 0 Å². The molecule has 2 fully saturated rings. The molecule has 0 spiro atoms. The molecule has 1 aromatic rings. The van der Waals surface area contributed by atoms with Gasteiger partial charge in [-0.2, -0.15) is 0 Å². The summed E-state index contributed by atoms with van der Waals surface area (Å²) in [6, 6.07) is 2.86. The molecule has 4 heteroatoms. The molecule has 2 aliphatic rings. The van der Waals surface area contributed by atoms with E-state index in [1.165, 1.54) is 37.8 Å². The Hall–Kier alpha value is -1.29. The number of nitrogens with two attached hydrogens (primary N) is 1. The van der Waals surface area contributed by atoms with E-state index < -0.39 is 0 Å². The van der Waals surface area contributed by atoms with Gasteiger partial charge in [-0.05, 0) is 44.6 Å². The first-order chi connectivity index (χ1) is 11.3. The fourth-order valence-electron chi connectivity index (χ4n) is 4.61. The number of carbonyl (C=O) groups is 1. The molecule has 1 unspecified atom stereocenters. The molecule has 1 atom stereocenters. The number of carbonyl (C=O) groups excluding carboxylic acids is 1. The van der Waals surface area contributed by atoms with Crippen LogP contribution < -0.4 is 5.73 Å². The van der Waals surface area contributed by atoms with E-state index in [4.69, 9.17) is 5.73 Å². The molecular weight excluding hydrogens is 298 g/mol. The van der Waals surface area contributed by atoms with Gasteiger partial charge in [-0.25, -0.2) is 0 Å². The Morgan fingerprint density at radius 2 is 1.83 bits per heavy atom. The van der Waals surface area contributed by atoms with E-state index in [2.05, 4.69) is 38.3 Å². The van der Waals surface area contributed by atoms with Crippen LogP contribution in [0.15, 0.2) is 6.07 Å². The van der Waals surface area contributed by atoms with E-state index in [0.717, 1.165) is 30.8 Å². The van der Waals surface area contributed by atoms with Crippen LogP contribution in [0.5, 0.6) is 0 Å². The number of nitrogens with zero attached hydrogens (tertiary/aromatic N) is 2. The van der Waals surface area contributed by atoms with Crippen LogP contribution in [0, 0.1) is 19.3 Å². The van der Waals surface area contributed by atoms with Crippen molar-refractivity contribution in [2.75, 3.05) is 13.1 Å². The SMILES string of the molecule is Cc1cc(C(=O)N2CCC(N)C(C)(C)C2)c(C)n1C1CCCCC1. The maximum absolute atomic E-state index is 13.1. The number of rotatable bonds is 2. The number of aromatic nitrogens is 1. The van der Waals surface area contributed by atoms with Crippen LogP contribution in [-0.2, 0) is 0 Å². The van der Waals surface area contributed by atoms with Crippen LogP contribution >= 0.6 is 0 Å². The van der Waals surface area contributed by atoms with Crippen molar-refractivity contribution >= 4 is 5.91 Å². The Morgan fingerprint density at radius 3 is 2.46 bits per heavy atom. The van der Waals surface area contributed by atoms with Crippen molar-refractivity contribution in [1.29, 1.82) is 0 Å². The molecule has 1 saturated heterocycles. The molecule has 24 heavy (non-hydrogen) atoms. The lowest BCUT2D eigenvalue weighted by Gasteiger charge is -2.42. The second kappa shape index (κ2) is 6.55. The average molecular weight is 332 g/mol. The normalized spacial score (nSPS) is 25.0. The maximum Gasteiger partial charge on any atom is 0.255 e. The summed E-state index contributed by atoms with van der Waals surface area (Å²) in [6.07, 6.45) is 7.35. The van der Waals surface area contributed by atoms with Crippen molar-refractivity contribution in [1.82, 2.24) is 9.47 Å². The standard InChI is InChI=1S/C20H33N3O/c1-14-12-17(15(2)23(14)16-8-6-5-7-9-16)19(24)22-11-10-18(21)20(3,4)13-22/h12,16,18H,5-11,13,21H2,1-4H3. The van der Waals surface area contributed by atoms with Gasteiger partial charge in [0.1, 0.15) is 0 Å². The average Bonchev–Trinajstić information content (AvgIpc) is 2.85. The largest absolute Gasteiger partial charge is 0.345 e. The van der Waals surface area contributed by atoms with E-state index in [9.17, 15) is 4.79 Å². The molecule has 4 nitrogen and oxygen atoms in total. The summed E-state index contributed by atoms with van der Waals surface area (Å²) >= 11 is 0. The zero-order valence-corrected chi connectivity index (χ0v) is 15.8. The van der Waals surface area contributed by atoms with Crippen molar-refractivity contribution in [3.63, 3.8) is 0 Å². The van der Waals surface area contributed by atoms with Crippen molar-refractivity contribution in [3.05, 3.63) is 23.0 Å². The molecule has 2 heterocycles. The highest BCUT2D eigenvalue weighted by molar-refractivity contribution is 5.95. The zero-order chi connectivity index (χ0) is 17.5. The molecule has 0 aromatic carbocycles. The minimum Gasteiger partial charge on any atom is -0.345 e. The monoisotopic (exact) mass is 331 g/mol. The lowest BCUT2D eigenvalue weighted by molar-refractivity contribution is 0.0532. The topological polar surface area (TPSA) is 51.3 Å². The third-order valence-corrected chi connectivity index (χ3v) is 6.25. The number of aryl methyl sites for hydroxylation is 1. The first-order valence-electron chi connectivity index (χ1n) is 9.54. The molecule has 1 saturated carbocycles. The third-order valence-electron chi connectivity index (χ3n) is 6.25. The smallest absolute Gasteiger partial charge is 0.255 e. The fraction of sp³-hybridized carbons (Fsp3) is 0.750.